The number of nitrogens with one attached hydrogen (secondary N) is 1. The predicted octanol–water partition coefficient (Wildman–Crippen LogP) is 4.61. The zero-order chi connectivity index (χ0) is 14.8. The summed E-state index contributed by atoms with van der Waals surface area (Å²) >= 11 is 5.38. The summed E-state index contributed by atoms with van der Waals surface area (Å²) in [7, 11) is 0. The molecule has 1 heterocycles. The van der Waals surface area contributed by atoms with Crippen LogP contribution in [0.1, 0.15) is 37.6 Å². The Morgan fingerprint density at radius 2 is 2.00 bits per heavy atom. The van der Waals surface area contributed by atoms with E-state index in [1.807, 2.05) is 19.1 Å². The molecule has 0 radical (unpaired) electrons. The molecule has 0 bridgehead atoms. The highest BCUT2D eigenvalue weighted by atomic mass is 32.1. The molecule has 0 atom stereocenters. The standard InChI is InChI=1S/C17H20N2OS/c1-3-4-15-18-16(11(2)17(21)19-15)12-5-7-13(8-6-12)20-14-9-10-14/h5-8,14H,3-4,9-10H2,1-2H3,(H,18,19,21). The SMILES string of the molecule is CCCc1nc(=S)c(C)c(-c2ccc(OC3CC3)cc2)[nH]1. The monoisotopic (exact) mass is 300 g/mol. The molecule has 1 saturated carbocycles. The largest absolute Gasteiger partial charge is 0.490 e. The lowest BCUT2D eigenvalue weighted by Crippen LogP contribution is -2.00. The third-order valence-electron chi connectivity index (χ3n) is 3.66. The average molecular weight is 300 g/mol. The van der Waals surface area contributed by atoms with Crippen LogP contribution in [0.3, 0.4) is 0 Å². The number of hydrogen-bond acceptors (Lipinski definition) is 3. The highest BCUT2D eigenvalue weighted by molar-refractivity contribution is 7.71. The maximum absolute atomic E-state index is 5.79. The van der Waals surface area contributed by atoms with Crippen LogP contribution in [0.15, 0.2) is 24.3 Å². The summed E-state index contributed by atoms with van der Waals surface area (Å²) in [5.41, 5.74) is 3.22. The normalized spacial score (nSPS) is 14.2. The van der Waals surface area contributed by atoms with Gasteiger partial charge < -0.3 is 9.72 Å². The molecule has 1 aliphatic rings. The number of ether oxygens (including phenoxy) is 1. The quantitative estimate of drug-likeness (QED) is 0.819. The summed E-state index contributed by atoms with van der Waals surface area (Å²) in [6.07, 6.45) is 4.76. The Labute approximate surface area is 130 Å². The van der Waals surface area contributed by atoms with E-state index in [1.165, 1.54) is 12.8 Å². The molecular weight excluding hydrogens is 280 g/mol. The van der Waals surface area contributed by atoms with Crippen LogP contribution >= 0.6 is 12.2 Å². The smallest absolute Gasteiger partial charge is 0.133 e. The van der Waals surface area contributed by atoms with Crippen LogP contribution in [0.5, 0.6) is 5.75 Å². The lowest BCUT2D eigenvalue weighted by molar-refractivity contribution is 0.303. The van der Waals surface area contributed by atoms with Crippen molar-refractivity contribution in [2.45, 2.75) is 45.6 Å². The van der Waals surface area contributed by atoms with E-state index in [2.05, 4.69) is 29.0 Å². The minimum absolute atomic E-state index is 0.431. The van der Waals surface area contributed by atoms with Gasteiger partial charge in [0.2, 0.25) is 0 Å². The minimum Gasteiger partial charge on any atom is -0.490 e. The van der Waals surface area contributed by atoms with Crippen LogP contribution in [0.4, 0.5) is 0 Å². The van der Waals surface area contributed by atoms with Crippen molar-refractivity contribution in [1.29, 1.82) is 0 Å². The van der Waals surface area contributed by atoms with Gasteiger partial charge in [0.1, 0.15) is 16.2 Å². The van der Waals surface area contributed by atoms with E-state index in [9.17, 15) is 0 Å². The van der Waals surface area contributed by atoms with E-state index in [0.29, 0.717) is 10.7 Å². The molecule has 1 aliphatic carbocycles. The van der Waals surface area contributed by atoms with Crippen molar-refractivity contribution in [2.75, 3.05) is 0 Å². The van der Waals surface area contributed by atoms with Gasteiger partial charge >= 0.3 is 0 Å². The molecule has 2 aromatic rings. The van der Waals surface area contributed by atoms with Crippen molar-refractivity contribution in [2.24, 2.45) is 0 Å². The fourth-order valence-corrected chi connectivity index (χ4v) is 2.51. The number of H-pyrrole nitrogens is 1. The Kier molecular flexibility index (Phi) is 4.06. The maximum Gasteiger partial charge on any atom is 0.133 e. The van der Waals surface area contributed by atoms with Crippen molar-refractivity contribution in [1.82, 2.24) is 9.97 Å². The summed E-state index contributed by atoms with van der Waals surface area (Å²) in [5.74, 6) is 1.90. The van der Waals surface area contributed by atoms with Crippen molar-refractivity contribution < 1.29 is 4.74 Å². The first-order valence-electron chi connectivity index (χ1n) is 7.54. The fraction of sp³-hybridized carbons (Fsp3) is 0.412. The second-order valence-electron chi connectivity index (χ2n) is 5.58. The number of aromatic nitrogens is 2. The molecule has 0 saturated heterocycles. The van der Waals surface area contributed by atoms with E-state index in [-0.39, 0.29) is 0 Å². The molecule has 0 aliphatic heterocycles. The predicted molar refractivity (Wildman–Crippen MR) is 87.2 cm³/mol. The van der Waals surface area contributed by atoms with Gasteiger partial charge in [-0.3, -0.25) is 0 Å². The second-order valence-corrected chi connectivity index (χ2v) is 5.97. The second kappa shape index (κ2) is 5.98. The van der Waals surface area contributed by atoms with Crippen molar-refractivity contribution in [3.63, 3.8) is 0 Å². The van der Waals surface area contributed by atoms with Gasteiger partial charge in [0.05, 0.1) is 11.8 Å². The Morgan fingerprint density at radius 1 is 1.29 bits per heavy atom. The molecule has 3 nitrogen and oxygen atoms in total. The van der Waals surface area contributed by atoms with E-state index >= 15 is 0 Å². The van der Waals surface area contributed by atoms with Crippen LogP contribution in [-0.2, 0) is 6.42 Å². The van der Waals surface area contributed by atoms with Gasteiger partial charge in [-0.2, -0.15) is 0 Å². The molecule has 0 spiro atoms. The molecule has 1 aromatic carbocycles. The van der Waals surface area contributed by atoms with Gasteiger partial charge in [0.25, 0.3) is 0 Å². The lowest BCUT2D eigenvalue weighted by Gasteiger charge is -2.10. The number of rotatable bonds is 5. The van der Waals surface area contributed by atoms with Gasteiger partial charge in [-0.05, 0) is 56.0 Å². The fourth-order valence-electron chi connectivity index (χ4n) is 2.30. The minimum atomic E-state index is 0.431. The first kappa shape index (κ1) is 14.3. The molecular formula is C17H20N2OS. The third kappa shape index (κ3) is 3.32. The van der Waals surface area contributed by atoms with Gasteiger partial charge in [-0.15, -0.1) is 0 Å². The molecule has 1 fully saturated rings. The Balaban J connectivity index is 1.92. The van der Waals surface area contributed by atoms with Crippen LogP contribution in [0, 0.1) is 11.6 Å². The lowest BCUT2D eigenvalue weighted by atomic mass is 10.1. The number of hydrogen-bond donors (Lipinski definition) is 1. The van der Waals surface area contributed by atoms with E-state index < -0.39 is 0 Å². The Morgan fingerprint density at radius 3 is 2.62 bits per heavy atom. The maximum atomic E-state index is 5.79. The molecule has 0 amide bonds. The van der Waals surface area contributed by atoms with Crippen LogP contribution in [0.2, 0.25) is 0 Å². The zero-order valence-corrected chi connectivity index (χ0v) is 13.3. The molecule has 21 heavy (non-hydrogen) atoms. The first-order valence-corrected chi connectivity index (χ1v) is 7.95. The molecule has 1 aromatic heterocycles. The van der Waals surface area contributed by atoms with Gasteiger partial charge in [-0.1, -0.05) is 19.1 Å². The molecule has 0 unspecified atom stereocenters. The van der Waals surface area contributed by atoms with E-state index in [0.717, 1.165) is 41.2 Å². The Hall–Kier alpha value is -1.68. The van der Waals surface area contributed by atoms with Gasteiger partial charge in [0.15, 0.2) is 0 Å². The zero-order valence-electron chi connectivity index (χ0n) is 12.5. The van der Waals surface area contributed by atoms with Crippen molar-refractivity contribution in [3.05, 3.63) is 40.3 Å². The average Bonchev–Trinajstić information content (AvgIpc) is 3.28. The van der Waals surface area contributed by atoms with Crippen LogP contribution < -0.4 is 4.74 Å². The van der Waals surface area contributed by atoms with Crippen molar-refractivity contribution >= 4 is 12.2 Å². The van der Waals surface area contributed by atoms with Crippen LogP contribution in [-0.4, -0.2) is 16.1 Å². The number of aryl methyl sites for hydroxylation is 1. The van der Waals surface area contributed by atoms with Crippen LogP contribution in [0.25, 0.3) is 11.3 Å². The molecule has 3 rings (SSSR count). The highest BCUT2D eigenvalue weighted by Crippen LogP contribution is 2.29. The molecule has 110 valence electrons. The molecule has 4 heteroatoms. The summed E-state index contributed by atoms with van der Waals surface area (Å²) in [5, 5.41) is 0. The molecule has 1 N–H and O–H groups in total. The summed E-state index contributed by atoms with van der Waals surface area (Å²) in [4.78, 5) is 7.87. The van der Waals surface area contributed by atoms with Gasteiger partial charge in [0, 0.05) is 12.0 Å². The number of nitrogens with zero attached hydrogens (tertiary/aromatic N) is 1. The summed E-state index contributed by atoms with van der Waals surface area (Å²) < 4.78 is 6.47. The van der Waals surface area contributed by atoms with E-state index in [4.69, 9.17) is 17.0 Å². The van der Waals surface area contributed by atoms with Crippen molar-refractivity contribution in [3.8, 4) is 17.0 Å². The topological polar surface area (TPSA) is 37.9 Å². The van der Waals surface area contributed by atoms with E-state index in [1.54, 1.807) is 0 Å². The summed E-state index contributed by atoms with van der Waals surface area (Å²) in [6.45, 7) is 4.16. The summed E-state index contributed by atoms with van der Waals surface area (Å²) in [6, 6.07) is 8.23. The number of aromatic amines is 1. The Bertz CT molecular complexity index is 687. The van der Waals surface area contributed by atoms with Gasteiger partial charge in [-0.25, -0.2) is 4.98 Å². The first-order chi connectivity index (χ1) is 10.2. The number of benzene rings is 1. The highest BCUT2D eigenvalue weighted by Gasteiger charge is 2.23. The third-order valence-corrected chi connectivity index (χ3v) is 4.06.